The summed E-state index contributed by atoms with van der Waals surface area (Å²) < 4.78 is 56.5. The minimum Gasteiger partial charge on any atom is -0.387 e. The molecule has 2 N–H and O–H groups in total. The van der Waals surface area contributed by atoms with Crippen molar-refractivity contribution in [2.75, 3.05) is 14.1 Å². The number of aliphatic imine (C=N–C) groups is 1. The zero-order valence-corrected chi connectivity index (χ0v) is 11.4. The summed E-state index contributed by atoms with van der Waals surface area (Å²) in [6, 6.07) is -1.08. The third-order valence-corrected chi connectivity index (χ3v) is 4.37. The smallest absolute Gasteiger partial charge is 0.387 e. The van der Waals surface area contributed by atoms with Crippen molar-refractivity contribution in [1.82, 2.24) is 4.90 Å². The fraction of sp³-hybridized carbons (Fsp3) is 0.900. The van der Waals surface area contributed by atoms with Gasteiger partial charge in [0.25, 0.3) is 0 Å². The van der Waals surface area contributed by atoms with Crippen molar-refractivity contribution in [3.05, 3.63) is 0 Å². The van der Waals surface area contributed by atoms with Gasteiger partial charge in [0.15, 0.2) is 17.4 Å². The van der Waals surface area contributed by atoms with Crippen molar-refractivity contribution in [3.63, 3.8) is 0 Å². The molecule has 0 aromatic heterocycles. The fourth-order valence-corrected chi connectivity index (χ4v) is 3.14. The average Bonchev–Trinajstić information content (AvgIpc) is 2.76. The van der Waals surface area contributed by atoms with Crippen LogP contribution >= 0.6 is 11.8 Å². The van der Waals surface area contributed by atoms with Crippen LogP contribution in [0.25, 0.3) is 0 Å². The molecule has 2 aliphatic rings. The highest BCUT2D eigenvalue weighted by molar-refractivity contribution is 8.14. The summed E-state index contributed by atoms with van der Waals surface area (Å²) in [5.41, 5.74) is -0.993. The maximum atomic E-state index is 14.0. The monoisotopic (exact) mass is 318 g/mol. The van der Waals surface area contributed by atoms with E-state index >= 15 is 0 Å². The normalized spacial score (nSPS) is 39.2. The van der Waals surface area contributed by atoms with Gasteiger partial charge in [-0.05, 0) is 0 Å². The minimum atomic E-state index is -4.99. The molecule has 2 rings (SSSR count). The van der Waals surface area contributed by atoms with E-state index in [0.717, 1.165) is 11.8 Å². The molecule has 0 aromatic rings. The maximum absolute atomic E-state index is 14.0. The Balaban J connectivity index is 2.17. The summed E-state index contributed by atoms with van der Waals surface area (Å²) in [5, 5.41) is 19.2. The summed E-state index contributed by atoms with van der Waals surface area (Å²) in [6.45, 7) is 0. The molecule has 6 atom stereocenters. The third kappa shape index (κ3) is 2.74. The van der Waals surface area contributed by atoms with Gasteiger partial charge in [0.2, 0.25) is 0 Å². The van der Waals surface area contributed by atoms with Gasteiger partial charge in [-0.2, -0.15) is 13.2 Å². The van der Waals surface area contributed by atoms with Crippen LogP contribution in [-0.4, -0.2) is 76.5 Å². The first-order chi connectivity index (χ1) is 9.12. The fourth-order valence-electron chi connectivity index (χ4n) is 2.01. The molecule has 0 spiro atoms. The number of aliphatic hydroxyl groups excluding tert-OH is 2. The van der Waals surface area contributed by atoms with Crippen LogP contribution < -0.4 is 0 Å². The van der Waals surface area contributed by atoms with Crippen molar-refractivity contribution in [3.8, 4) is 0 Å². The molecule has 0 bridgehead atoms. The second kappa shape index (κ2) is 5.32. The van der Waals surface area contributed by atoms with E-state index in [9.17, 15) is 22.7 Å². The summed E-state index contributed by atoms with van der Waals surface area (Å²) in [7, 11) is 3.30. The SMILES string of the molecule is CN(C)C1=N[C@@H]2[C@H](F)[C@H](O)[C@@H]([C@@H](O)C(F)(F)F)O[C@@H]2S1. The molecular weight excluding hydrogens is 304 g/mol. The molecule has 0 aliphatic carbocycles. The molecule has 0 saturated carbocycles. The predicted octanol–water partition coefficient (Wildman–Crippen LogP) is 0.366. The molecule has 5 nitrogen and oxygen atoms in total. The van der Waals surface area contributed by atoms with Crippen molar-refractivity contribution in [2.45, 2.75) is 42.1 Å². The van der Waals surface area contributed by atoms with Gasteiger partial charge in [0.1, 0.15) is 23.7 Å². The number of ether oxygens (including phenoxy) is 1. The first kappa shape index (κ1) is 15.8. The van der Waals surface area contributed by atoms with E-state index in [2.05, 4.69) is 4.99 Å². The van der Waals surface area contributed by atoms with Gasteiger partial charge in [-0.25, -0.2) is 4.39 Å². The Kier molecular flexibility index (Phi) is 4.20. The molecule has 0 amide bonds. The van der Waals surface area contributed by atoms with Crippen molar-refractivity contribution < 1.29 is 32.5 Å². The van der Waals surface area contributed by atoms with E-state index < -0.39 is 42.1 Å². The van der Waals surface area contributed by atoms with Gasteiger partial charge in [-0.15, -0.1) is 0 Å². The van der Waals surface area contributed by atoms with E-state index in [1.54, 1.807) is 19.0 Å². The highest BCUT2D eigenvalue weighted by Gasteiger charge is 2.56. The highest BCUT2D eigenvalue weighted by Crippen LogP contribution is 2.40. The number of amidine groups is 1. The summed E-state index contributed by atoms with van der Waals surface area (Å²) in [4.78, 5) is 5.55. The van der Waals surface area contributed by atoms with Crippen LogP contribution in [0, 0.1) is 0 Å². The lowest BCUT2D eigenvalue weighted by Crippen LogP contribution is -2.59. The highest BCUT2D eigenvalue weighted by atomic mass is 32.2. The summed E-state index contributed by atoms with van der Waals surface area (Å²) >= 11 is 0.964. The van der Waals surface area contributed by atoms with Gasteiger partial charge >= 0.3 is 6.18 Å². The zero-order valence-electron chi connectivity index (χ0n) is 10.6. The lowest BCUT2D eigenvalue weighted by Gasteiger charge is -2.39. The number of aliphatic hydroxyl groups is 2. The Hall–Kier alpha value is -0.580. The Morgan fingerprint density at radius 1 is 1.40 bits per heavy atom. The van der Waals surface area contributed by atoms with Gasteiger partial charge in [0, 0.05) is 14.1 Å². The molecule has 0 radical (unpaired) electrons. The Labute approximate surface area is 116 Å². The standard InChI is InChI=1S/C10H14F4N2O3S/c1-16(2)9-15-4-3(11)5(17)6(19-8(4)20-9)7(18)10(12,13)14/h3-8,17-18H,1-2H3/t3-,4+,5-,6-,7+,8+/m0/s1. The number of halogens is 4. The Bertz CT molecular complexity index is 406. The largest absolute Gasteiger partial charge is 0.417 e. The van der Waals surface area contributed by atoms with Crippen LogP contribution in [0.3, 0.4) is 0 Å². The first-order valence-corrected chi connectivity index (χ1v) is 6.65. The average molecular weight is 318 g/mol. The van der Waals surface area contributed by atoms with Crippen LogP contribution in [0.1, 0.15) is 0 Å². The topological polar surface area (TPSA) is 65.3 Å². The lowest BCUT2D eigenvalue weighted by molar-refractivity contribution is -0.267. The zero-order chi connectivity index (χ0) is 15.2. The second-order valence-electron chi connectivity index (χ2n) is 4.81. The Morgan fingerprint density at radius 2 is 2.00 bits per heavy atom. The Morgan fingerprint density at radius 3 is 2.50 bits per heavy atom. The molecule has 10 heteroatoms. The molecule has 20 heavy (non-hydrogen) atoms. The minimum absolute atomic E-state index is 0.400. The predicted molar refractivity (Wildman–Crippen MR) is 64.1 cm³/mol. The van der Waals surface area contributed by atoms with Crippen molar-refractivity contribution in [2.24, 2.45) is 4.99 Å². The van der Waals surface area contributed by atoms with E-state index in [0.29, 0.717) is 5.17 Å². The number of thioether (sulfide) groups is 1. The molecule has 2 heterocycles. The molecule has 116 valence electrons. The van der Waals surface area contributed by atoms with Crippen LogP contribution in [0.4, 0.5) is 17.6 Å². The van der Waals surface area contributed by atoms with Crippen molar-refractivity contribution >= 4 is 16.9 Å². The number of fused-ring (bicyclic) bond motifs is 1. The van der Waals surface area contributed by atoms with E-state index in [1.165, 1.54) is 0 Å². The molecule has 1 fully saturated rings. The number of nitrogens with zero attached hydrogens (tertiary/aromatic N) is 2. The molecule has 1 saturated heterocycles. The quantitative estimate of drug-likeness (QED) is 0.684. The third-order valence-electron chi connectivity index (χ3n) is 3.07. The van der Waals surface area contributed by atoms with Gasteiger partial charge < -0.3 is 19.8 Å². The summed E-state index contributed by atoms with van der Waals surface area (Å²) in [5.74, 6) is 0. The van der Waals surface area contributed by atoms with E-state index in [4.69, 9.17) is 9.84 Å². The van der Waals surface area contributed by atoms with Gasteiger partial charge in [-0.1, -0.05) is 11.8 Å². The molecule has 0 unspecified atom stereocenters. The van der Waals surface area contributed by atoms with Gasteiger partial charge in [0.05, 0.1) is 0 Å². The molecule has 0 aromatic carbocycles. The van der Waals surface area contributed by atoms with E-state index in [1.807, 2.05) is 0 Å². The van der Waals surface area contributed by atoms with Crippen molar-refractivity contribution in [1.29, 1.82) is 0 Å². The van der Waals surface area contributed by atoms with Crippen LogP contribution in [-0.2, 0) is 4.74 Å². The maximum Gasteiger partial charge on any atom is 0.417 e. The number of hydrogen-bond acceptors (Lipinski definition) is 6. The second-order valence-corrected chi connectivity index (χ2v) is 5.87. The van der Waals surface area contributed by atoms with Gasteiger partial charge in [-0.3, -0.25) is 4.99 Å². The van der Waals surface area contributed by atoms with E-state index in [-0.39, 0.29) is 0 Å². The summed E-state index contributed by atoms with van der Waals surface area (Å²) in [6.07, 6.45) is -14.1. The first-order valence-electron chi connectivity index (χ1n) is 5.77. The van der Waals surface area contributed by atoms with Crippen LogP contribution in [0.15, 0.2) is 4.99 Å². The number of alkyl halides is 4. The lowest BCUT2D eigenvalue weighted by atomic mass is 9.96. The molecular formula is C10H14F4N2O3S. The number of rotatable bonds is 1. The molecule has 2 aliphatic heterocycles. The van der Waals surface area contributed by atoms with Crippen LogP contribution in [0.2, 0.25) is 0 Å². The number of hydrogen-bond donors (Lipinski definition) is 2. The van der Waals surface area contributed by atoms with Crippen LogP contribution in [0.5, 0.6) is 0 Å².